The molecule has 0 rings (SSSR count). The molecule has 5 nitrogen and oxygen atoms in total. The molecule has 4 N–H and O–H groups in total. The number of hydrogen-bond acceptors (Lipinski definition) is 4. The number of allylic oxidation sites excluding steroid dienone is 7. The Hall–Kier alpha value is -1.69. The second-order valence-electron chi connectivity index (χ2n) is 18.8. The highest BCUT2D eigenvalue weighted by Gasteiger charge is 2.20. The largest absolute Gasteiger partial charge is 0.394 e. The van der Waals surface area contributed by atoms with Crippen LogP contribution in [0, 0.1) is 0 Å². The van der Waals surface area contributed by atoms with Crippen LogP contribution < -0.4 is 5.32 Å². The van der Waals surface area contributed by atoms with E-state index in [1.807, 2.05) is 6.08 Å². The minimum Gasteiger partial charge on any atom is -0.394 e. The number of carbonyl (C=O) groups is 1. The first-order valence-electron chi connectivity index (χ1n) is 27.4. The molecule has 62 heavy (non-hydrogen) atoms. The fourth-order valence-corrected chi connectivity index (χ4v) is 8.37. The summed E-state index contributed by atoms with van der Waals surface area (Å²) in [5, 5.41) is 33.4. The molecule has 3 atom stereocenters. The predicted molar refractivity (Wildman–Crippen MR) is 273 cm³/mol. The van der Waals surface area contributed by atoms with Crippen molar-refractivity contribution in [1.29, 1.82) is 0 Å². The number of amides is 1. The lowest BCUT2D eigenvalue weighted by Crippen LogP contribution is -2.45. The van der Waals surface area contributed by atoms with Gasteiger partial charge in [0.15, 0.2) is 0 Å². The smallest absolute Gasteiger partial charge is 0.222 e. The van der Waals surface area contributed by atoms with Crippen molar-refractivity contribution < 1.29 is 20.1 Å². The van der Waals surface area contributed by atoms with Crippen LogP contribution in [0.1, 0.15) is 284 Å². The molecule has 3 unspecified atom stereocenters. The molecule has 0 radical (unpaired) electrons. The van der Waals surface area contributed by atoms with Crippen molar-refractivity contribution in [2.24, 2.45) is 0 Å². The van der Waals surface area contributed by atoms with Crippen molar-refractivity contribution in [3.8, 4) is 0 Å². The summed E-state index contributed by atoms with van der Waals surface area (Å²) in [5.41, 5.74) is 0. The van der Waals surface area contributed by atoms with Gasteiger partial charge in [-0.15, -0.1) is 0 Å². The molecule has 0 aromatic rings. The van der Waals surface area contributed by atoms with Crippen molar-refractivity contribution in [2.45, 2.75) is 302 Å². The molecular weight excluding hydrogens is 763 g/mol. The number of carbonyl (C=O) groups excluding carboxylic acids is 1. The molecule has 0 fully saturated rings. The Morgan fingerprint density at radius 3 is 1.03 bits per heavy atom. The van der Waals surface area contributed by atoms with E-state index in [1.54, 1.807) is 6.08 Å². The Morgan fingerprint density at radius 1 is 0.403 bits per heavy atom. The van der Waals surface area contributed by atoms with E-state index < -0.39 is 18.2 Å². The highest BCUT2D eigenvalue weighted by Crippen LogP contribution is 2.16. The molecule has 0 heterocycles. The zero-order chi connectivity index (χ0) is 45.1. The number of rotatable bonds is 50. The molecule has 0 saturated heterocycles. The van der Waals surface area contributed by atoms with Crippen LogP contribution in [0.5, 0.6) is 0 Å². The highest BCUT2D eigenvalue weighted by molar-refractivity contribution is 5.76. The van der Waals surface area contributed by atoms with Crippen molar-refractivity contribution in [3.63, 3.8) is 0 Å². The molecule has 0 bridgehead atoms. The van der Waals surface area contributed by atoms with Crippen LogP contribution in [0.25, 0.3) is 0 Å². The number of aliphatic hydroxyl groups excluding tert-OH is 3. The Bertz CT molecular complexity index is 1000. The summed E-state index contributed by atoms with van der Waals surface area (Å²) < 4.78 is 0. The van der Waals surface area contributed by atoms with Crippen molar-refractivity contribution in [1.82, 2.24) is 5.32 Å². The van der Waals surface area contributed by atoms with E-state index >= 15 is 0 Å². The number of unbranched alkanes of at least 4 members (excludes halogenated alkanes) is 35. The molecule has 0 saturated carbocycles. The van der Waals surface area contributed by atoms with Gasteiger partial charge in [0.1, 0.15) is 0 Å². The summed E-state index contributed by atoms with van der Waals surface area (Å²) in [6, 6.07) is -0.768. The van der Waals surface area contributed by atoms with E-state index in [0.717, 1.165) is 38.5 Å². The monoisotopic (exact) mass is 870 g/mol. The van der Waals surface area contributed by atoms with Crippen LogP contribution in [0.3, 0.4) is 0 Å². The van der Waals surface area contributed by atoms with Gasteiger partial charge in [-0.25, -0.2) is 0 Å². The lowest BCUT2D eigenvalue weighted by Gasteiger charge is -2.21. The van der Waals surface area contributed by atoms with E-state index in [4.69, 9.17) is 0 Å². The summed E-state index contributed by atoms with van der Waals surface area (Å²) in [5.74, 6) is -0.327. The van der Waals surface area contributed by atoms with E-state index in [1.165, 1.54) is 218 Å². The summed E-state index contributed by atoms with van der Waals surface area (Å²) >= 11 is 0. The topological polar surface area (TPSA) is 89.8 Å². The molecule has 0 aromatic carbocycles. The van der Waals surface area contributed by atoms with Gasteiger partial charge in [-0.2, -0.15) is 0 Å². The zero-order valence-electron chi connectivity index (χ0n) is 41.5. The van der Waals surface area contributed by atoms with Gasteiger partial charge in [-0.05, 0) is 70.6 Å². The van der Waals surface area contributed by atoms with Gasteiger partial charge in [-0.1, -0.05) is 255 Å². The van der Waals surface area contributed by atoms with Gasteiger partial charge in [0.05, 0.1) is 31.3 Å². The quantitative estimate of drug-likeness (QED) is 0.0362. The summed E-state index contributed by atoms with van der Waals surface area (Å²) in [6.07, 6.45) is 68.7. The highest BCUT2D eigenvalue weighted by atomic mass is 16.3. The average molecular weight is 870 g/mol. The third-order valence-corrected chi connectivity index (χ3v) is 12.6. The first-order chi connectivity index (χ1) is 30.5. The molecule has 0 aromatic heterocycles. The molecule has 0 aliphatic carbocycles. The molecule has 5 heteroatoms. The normalized spacial score (nSPS) is 13.7. The Balaban J connectivity index is 3.58. The van der Waals surface area contributed by atoms with E-state index in [-0.39, 0.29) is 18.9 Å². The summed E-state index contributed by atoms with van der Waals surface area (Å²) in [4.78, 5) is 12.5. The molecule has 0 aliphatic heterocycles. The molecule has 0 spiro atoms. The second-order valence-corrected chi connectivity index (χ2v) is 18.8. The average Bonchev–Trinajstić information content (AvgIpc) is 3.27. The lowest BCUT2D eigenvalue weighted by atomic mass is 10.0. The zero-order valence-corrected chi connectivity index (χ0v) is 41.5. The Labute approximate surface area is 387 Å². The van der Waals surface area contributed by atoms with Gasteiger partial charge < -0.3 is 20.6 Å². The number of aliphatic hydroxyl groups is 3. The van der Waals surface area contributed by atoms with E-state index in [0.29, 0.717) is 6.42 Å². The predicted octanol–water partition coefficient (Wildman–Crippen LogP) is 16.8. The first-order valence-corrected chi connectivity index (χ1v) is 27.4. The van der Waals surface area contributed by atoms with Crippen LogP contribution in [0.15, 0.2) is 48.6 Å². The first kappa shape index (κ1) is 60.3. The van der Waals surface area contributed by atoms with Crippen molar-refractivity contribution in [2.75, 3.05) is 6.61 Å². The van der Waals surface area contributed by atoms with Crippen LogP contribution >= 0.6 is 0 Å². The third kappa shape index (κ3) is 47.8. The summed E-state index contributed by atoms with van der Waals surface area (Å²) in [7, 11) is 0. The minimum atomic E-state index is -0.960. The standard InChI is InChI=1S/C57H107NO4/c1-3-5-7-9-11-13-15-17-19-21-22-23-24-25-26-27-28-29-30-31-32-33-35-36-38-40-42-44-46-48-50-54(60)52-57(62)58-55(53-59)56(61)51-49-47-45-43-41-39-37-34-20-18-16-14-12-10-8-6-4-2/h20,25-26,34,41,43,49,51,54-56,59-61H,3-19,21-24,27-33,35-40,42,44-48,50,52-53H2,1-2H3,(H,58,62)/b26-25-,34-20+,43-41+,51-49+. The number of nitrogens with one attached hydrogen (secondary N) is 1. The van der Waals surface area contributed by atoms with Crippen LogP contribution in [0.4, 0.5) is 0 Å². The van der Waals surface area contributed by atoms with Crippen molar-refractivity contribution in [3.05, 3.63) is 48.6 Å². The number of hydrogen-bond donors (Lipinski definition) is 4. The van der Waals surface area contributed by atoms with E-state index in [9.17, 15) is 20.1 Å². The molecular formula is C57H107NO4. The maximum absolute atomic E-state index is 12.5. The Morgan fingerprint density at radius 2 is 0.694 bits per heavy atom. The molecule has 364 valence electrons. The van der Waals surface area contributed by atoms with Gasteiger partial charge in [0.2, 0.25) is 5.91 Å². The molecule has 1 amide bonds. The SMILES string of the molecule is CCCCCCCCC/C=C/CC/C=C/CC/C=C/C(O)C(CO)NC(=O)CC(O)CCCCCCCCCCCCCCCC/C=C\CCCCCCCCCCCCCC. The van der Waals surface area contributed by atoms with E-state index in [2.05, 4.69) is 55.6 Å². The van der Waals surface area contributed by atoms with Crippen LogP contribution in [0.2, 0.25) is 0 Å². The Kier molecular flexibility index (Phi) is 50.5. The van der Waals surface area contributed by atoms with Gasteiger partial charge >= 0.3 is 0 Å². The van der Waals surface area contributed by atoms with Gasteiger partial charge in [-0.3, -0.25) is 4.79 Å². The maximum Gasteiger partial charge on any atom is 0.222 e. The lowest BCUT2D eigenvalue weighted by molar-refractivity contribution is -0.124. The van der Waals surface area contributed by atoms with Crippen molar-refractivity contribution >= 4 is 5.91 Å². The van der Waals surface area contributed by atoms with Crippen LogP contribution in [-0.4, -0.2) is 46.1 Å². The second kappa shape index (κ2) is 51.9. The molecule has 0 aliphatic rings. The van der Waals surface area contributed by atoms with Gasteiger partial charge in [0, 0.05) is 0 Å². The maximum atomic E-state index is 12.5. The van der Waals surface area contributed by atoms with Crippen LogP contribution in [-0.2, 0) is 4.79 Å². The fraction of sp³-hybridized carbons (Fsp3) is 0.842. The summed E-state index contributed by atoms with van der Waals surface area (Å²) in [6.45, 7) is 4.21. The minimum absolute atomic E-state index is 0.00293. The fourth-order valence-electron chi connectivity index (χ4n) is 8.37. The third-order valence-electron chi connectivity index (χ3n) is 12.6. The van der Waals surface area contributed by atoms with Gasteiger partial charge in [0.25, 0.3) is 0 Å².